The molecule has 0 spiro atoms. The van der Waals surface area contributed by atoms with Gasteiger partial charge in [0.15, 0.2) is 0 Å². The summed E-state index contributed by atoms with van der Waals surface area (Å²) in [5, 5.41) is 0. The molecule has 15 heavy (non-hydrogen) atoms. The summed E-state index contributed by atoms with van der Waals surface area (Å²) < 4.78 is 0. The second kappa shape index (κ2) is 6.55. The molecule has 0 aliphatic heterocycles. The van der Waals surface area contributed by atoms with Gasteiger partial charge in [0, 0.05) is 0 Å². The molecule has 1 aromatic rings. The van der Waals surface area contributed by atoms with Gasteiger partial charge in [0.2, 0.25) is 0 Å². The molecule has 1 nitrogen and oxygen atoms in total. The topological polar surface area (TPSA) is 17.1 Å². The first-order valence-corrected chi connectivity index (χ1v) is 4.85. The quantitative estimate of drug-likeness (QED) is 0.411. The monoisotopic (exact) mass is 198 g/mol. The largest absolute Gasteiger partial charge is 0.299 e. The fraction of sp³-hybridized carbons (Fsp3) is 0.0714. The molecule has 0 radical (unpaired) electrons. The lowest BCUT2D eigenvalue weighted by atomic mass is 10.1. The number of benzene rings is 1. The SMILES string of the molecule is C\C(=C/C=C/C=C/C=O)c1ccccc1. The number of allylic oxidation sites excluding steroid dienone is 6. The fourth-order valence-corrected chi connectivity index (χ4v) is 1.17. The highest BCUT2D eigenvalue weighted by atomic mass is 16.1. The van der Waals surface area contributed by atoms with E-state index in [1.165, 1.54) is 17.2 Å². The Bertz CT molecular complexity index is 383. The molecule has 0 saturated carbocycles. The molecular formula is C14H14O. The Kier molecular flexibility index (Phi) is 4.88. The fourth-order valence-electron chi connectivity index (χ4n) is 1.17. The lowest BCUT2D eigenvalue weighted by Gasteiger charge is -1.97. The standard InChI is InChI=1S/C14H14O/c1-13(9-5-2-3-8-12-15)14-10-6-4-7-11-14/h2-12H,1H3/b5-2+,8-3+,13-9+. The van der Waals surface area contributed by atoms with Crippen molar-refractivity contribution >= 4 is 11.9 Å². The normalized spacial score (nSPS) is 12.5. The Balaban J connectivity index is 2.65. The number of carbonyl (C=O) groups excluding carboxylic acids is 1. The zero-order valence-electron chi connectivity index (χ0n) is 8.76. The second-order valence-electron chi connectivity index (χ2n) is 3.12. The molecule has 0 aromatic heterocycles. The van der Waals surface area contributed by atoms with Crippen molar-refractivity contribution in [2.45, 2.75) is 6.92 Å². The smallest absolute Gasteiger partial charge is 0.142 e. The molecule has 1 heteroatoms. The first-order chi connectivity index (χ1) is 7.34. The van der Waals surface area contributed by atoms with Crippen LogP contribution in [0.1, 0.15) is 12.5 Å². The van der Waals surface area contributed by atoms with E-state index in [-0.39, 0.29) is 0 Å². The van der Waals surface area contributed by atoms with Crippen molar-refractivity contribution in [3.8, 4) is 0 Å². The van der Waals surface area contributed by atoms with Gasteiger partial charge in [-0.3, -0.25) is 4.79 Å². The summed E-state index contributed by atoms with van der Waals surface area (Å²) in [6, 6.07) is 10.2. The van der Waals surface area contributed by atoms with Gasteiger partial charge in [-0.15, -0.1) is 0 Å². The molecule has 0 aliphatic carbocycles. The summed E-state index contributed by atoms with van der Waals surface area (Å²) in [6.07, 6.45) is 9.70. The van der Waals surface area contributed by atoms with Gasteiger partial charge < -0.3 is 0 Å². The maximum atomic E-state index is 9.99. The van der Waals surface area contributed by atoms with Gasteiger partial charge in [0.1, 0.15) is 6.29 Å². The molecule has 1 aromatic carbocycles. The third-order valence-electron chi connectivity index (χ3n) is 1.99. The average Bonchev–Trinajstić information content (AvgIpc) is 2.30. The van der Waals surface area contributed by atoms with Crippen molar-refractivity contribution in [3.63, 3.8) is 0 Å². The van der Waals surface area contributed by atoms with Gasteiger partial charge in [-0.05, 0) is 24.1 Å². The molecule has 0 atom stereocenters. The predicted molar refractivity (Wildman–Crippen MR) is 64.4 cm³/mol. The minimum Gasteiger partial charge on any atom is -0.299 e. The molecule has 0 saturated heterocycles. The summed E-state index contributed by atoms with van der Waals surface area (Å²) >= 11 is 0. The van der Waals surface area contributed by atoms with Crippen molar-refractivity contribution in [2.24, 2.45) is 0 Å². The Morgan fingerprint density at radius 3 is 2.33 bits per heavy atom. The average molecular weight is 198 g/mol. The van der Waals surface area contributed by atoms with Crippen molar-refractivity contribution in [1.82, 2.24) is 0 Å². The highest BCUT2D eigenvalue weighted by Crippen LogP contribution is 2.12. The van der Waals surface area contributed by atoms with Gasteiger partial charge >= 0.3 is 0 Å². The van der Waals surface area contributed by atoms with E-state index < -0.39 is 0 Å². The van der Waals surface area contributed by atoms with Gasteiger partial charge in [0.25, 0.3) is 0 Å². The van der Waals surface area contributed by atoms with E-state index in [0.717, 1.165) is 6.29 Å². The number of aldehydes is 1. The van der Waals surface area contributed by atoms with Crippen LogP contribution in [0.5, 0.6) is 0 Å². The Morgan fingerprint density at radius 1 is 1.00 bits per heavy atom. The highest BCUT2D eigenvalue weighted by molar-refractivity contribution is 5.66. The van der Waals surface area contributed by atoms with Crippen LogP contribution < -0.4 is 0 Å². The molecule has 1 rings (SSSR count). The number of hydrogen-bond acceptors (Lipinski definition) is 1. The van der Waals surface area contributed by atoms with Crippen molar-refractivity contribution in [2.75, 3.05) is 0 Å². The lowest BCUT2D eigenvalue weighted by molar-refractivity contribution is -0.104. The van der Waals surface area contributed by atoms with Crippen molar-refractivity contribution in [3.05, 3.63) is 66.3 Å². The maximum absolute atomic E-state index is 9.99. The van der Waals surface area contributed by atoms with Crippen LogP contribution in [0.15, 0.2) is 60.7 Å². The van der Waals surface area contributed by atoms with Crippen LogP contribution in [0.25, 0.3) is 5.57 Å². The number of carbonyl (C=O) groups is 1. The Labute approximate surface area is 90.4 Å². The molecule has 0 aliphatic rings. The van der Waals surface area contributed by atoms with Gasteiger partial charge in [-0.25, -0.2) is 0 Å². The zero-order chi connectivity index (χ0) is 10.9. The van der Waals surface area contributed by atoms with Crippen LogP contribution in [0.3, 0.4) is 0 Å². The molecule has 0 fully saturated rings. The van der Waals surface area contributed by atoms with E-state index in [9.17, 15) is 4.79 Å². The maximum Gasteiger partial charge on any atom is 0.142 e. The summed E-state index contributed by atoms with van der Waals surface area (Å²) in [4.78, 5) is 9.99. The van der Waals surface area contributed by atoms with Crippen LogP contribution in [0.2, 0.25) is 0 Å². The number of rotatable bonds is 4. The predicted octanol–water partition coefficient (Wildman–Crippen LogP) is 3.40. The molecular weight excluding hydrogens is 184 g/mol. The third kappa shape index (κ3) is 4.23. The molecule has 0 heterocycles. The minimum absolute atomic E-state index is 0.762. The van der Waals surface area contributed by atoms with E-state index in [1.54, 1.807) is 6.08 Å². The number of hydrogen-bond donors (Lipinski definition) is 0. The van der Waals surface area contributed by atoms with E-state index >= 15 is 0 Å². The van der Waals surface area contributed by atoms with Gasteiger partial charge in [-0.2, -0.15) is 0 Å². The van der Waals surface area contributed by atoms with Gasteiger partial charge in [-0.1, -0.05) is 54.6 Å². The first kappa shape index (κ1) is 11.2. The van der Waals surface area contributed by atoms with Crippen LogP contribution in [-0.2, 0) is 4.79 Å². The van der Waals surface area contributed by atoms with Crippen molar-refractivity contribution in [1.29, 1.82) is 0 Å². The second-order valence-corrected chi connectivity index (χ2v) is 3.12. The van der Waals surface area contributed by atoms with Crippen LogP contribution >= 0.6 is 0 Å². The highest BCUT2D eigenvalue weighted by Gasteiger charge is 1.89. The van der Waals surface area contributed by atoms with E-state index in [4.69, 9.17) is 0 Å². The molecule has 0 N–H and O–H groups in total. The van der Waals surface area contributed by atoms with Crippen molar-refractivity contribution < 1.29 is 4.79 Å². The summed E-state index contributed by atoms with van der Waals surface area (Å²) in [7, 11) is 0. The van der Waals surface area contributed by atoms with E-state index in [0.29, 0.717) is 0 Å². The van der Waals surface area contributed by atoms with Crippen LogP contribution in [-0.4, -0.2) is 6.29 Å². The zero-order valence-corrected chi connectivity index (χ0v) is 8.76. The van der Waals surface area contributed by atoms with E-state index in [1.807, 2.05) is 36.4 Å². The molecule has 0 bridgehead atoms. The summed E-state index contributed by atoms with van der Waals surface area (Å²) in [5.74, 6) is 0. The minimum atomic E-state index is 0.762. The van der Waals surface area contributed by atoms with Gasteiger partial charge in [0.05, 0.1) is 0 Å². The molecule has 76 valence electrons. The lowest BCUT2D eigenvalue weighted by Crippen LogP contribution is -1.75. The summed E-state index contributed by atoms with van der Waals surface area (Å²) in [6.45, 7) is 2.06. The Hall–Kier alpha value is -1.89. The molecule has 0 unspecified atom stereocenters. The van der Waals surface area contributed by atoms with E-state index in [2.05, 4.69) is 19.1 Å². The third-order valence-corrected chi connectivity index (χ3v) is 1.99. The Morgan fingerprint density at radius 2 is 1.67 bits per heavy atom. The molecule has 0 amide bonds. The summed E-state index contributed by atoms with van der Waals surface area (Å²) in [5.41, 5.74) is 2.41. The van der Waals surface area contributed by atoms with Crippen LogP contribution in [0.4, 0.5) is 0 Å². The van der Waals surface area contributed by atoms with Crippen LogP contribution in [0, 0.1) is 0 Å². The first-order valence-electron chi connectivity index (χ1n) is 4.85.